The highest BCUT2D eigenvalue weighted by Crippen LogP contribution is 2.42. The van der Waals surface area contributed by atoms with Crippen LogP contribution in [0.4, 0.5) is 0 Å². The van der Waals surface area contributed by atoms with Gasteiger partial charge in [0.2, 0.25) is 0 Å². The number of ketones is 1. The summed E-state index contributed by atoms with van der Waals surface area (Å²) in [5.41, 5.74) is -0.290. The summed E-state index contributed by atoms with van der Waals surface area (Å²) in [6.07, 6.45) is 4.42. The van der Waals surface area contributed by atoms with Gasteiger partial charge < -0.3 is 0 Å². The second-order valence-corrected chi connectivity index (χ2v) is 6.00. The minimum Gasteiger partial charge on any atom is -0.299 e. The van der Waals surface area contributed by atoms with Gasteiger partial charge in [-0.3, -0.25) is 10.1 Å². The summed E-state index contributed by atoms with van der Waals surface area (Å²) in [6.45, 7) is 8.24. The van der Waals surface area contributed by atoms with Crippen molar-refractivity contribution in [3.05, 3.63) is 0 Å². The van der Waals surface area contributed by atoms with Crippen molar-refractivity contribution in [2.24, 2.45) is 17.3 Å². The van der Waals surface area contributed by atoms with Gasteiger partial charge in [-0.25, -0.2) is 4.89 Å². The van der Waals surface area contributed by atoms with E-state index in [0.717, 1.165) is 25.7 Å². The number of hydrogen-bond donors (Lipinski definition) is 1. The molecule has 0 aliphatic heterocycles. The van der Waals surface area contributed by atoms with Crippen molar-refractivity contribution < 1.29 is 14.9 Å². The quantitative estimate of drug-likeness (QED) is 0.591. The molecule has 0 aromatic heterocycles. The lowest BCUT2D eigenvalue weighted by molar-refractivity contribution is -0.317. The molecule has 0 radical (unpaired) electrons. The number of carbonyl (C=O) groups excluding carboxylic acids is 1. The van der Waals surface area contributed by atoms with Crippen LogP contribution in [0.5, 0.6) is 0 Å². The standard InChI is InChI=1S/C14H26O3/c1-5-10(2)13(17-16)14(3,4)11-8-6-7-9-12(11)15/h10-11,13,16H,5-9H2,1-4H3. The van der Waals surface area contributed by atoms with Crippen LogP contribution in [-0.2, 0) is 9.68 Å². The van der Waals surface area contributed by atoms with Gasteiger partial charge in [0.15, 0.2) is 0 Å². The predicted molar refractivity (Wildman–Crippen MR) is 67.7 cm³/mol. The zero-order chi connectivity index (χ0) is 13.1. The van der Waals surface area contributed by atoms with Crippen LogP contribution in [-0.4, -0.2) is 17.1 Å². The Balaban J connectivity index is 2.86. The summed E-state index contributed by atoms with van der Waals surface area (Å²) < 4.78 is 0. The molecule has 0 aromatic rings. The second kappa shape index (κ2) is 5.96. The van der Waals surface area contributed by atoms with Crippen LogP contribution >= 0.6 is 0 Å². The number of Topliss-reactive ketones (excluding diaryl/α,β-unsaturated/α-hetero) is 1. The van der Waals surface area contributed by atoms with E-state index in [1.807, 2.05) is 13.8 Å². The third-order valence-electron chi connectivity index (χ3n) is 4.46. The van der Waals surface area contributed by atoms with Gasteiger partial charge in [-0.05, 0) is 18.8 Å². The largest absolute Gasteiger partial charge is 0.299 e. The van der Waals surface area contributed by atoms with Crippen molar-refractivity contribution in [3.63, 3.8) is 0 Å². The van der Waals surface area contributed by atoms with Gasteiger partial charge in [-0.2, -0.15) is 0 Å². The fourth-order valence-electron chi connectivity index (χ4n) is 3.16. The van der Waals surface area contributed by atoms with Gasteiger partial charge in [0.1, 0.15) is 11.9 Å². The molecule has 3 atom stereocenters. The highest BCUT2D eigenvalue weighted by Gasteiger charge is 2.44. The monoisotopic (exact) mass is 242 g/mol. The Morgan fingerprint density at radius 1 is 1.47 bits per heavy atom. The fourth-order valence-corrected chi connectivity index (χ4v) is 3.16. The maximum atomic E-state index is 12.0. The summed E-state index contributed by atoms with van der Waals surface area (Å²) in [4.78, 5) is 16.8. The van der Waals surface area contributed by atoms with Crippen LogP contribution in [0.3, 0.4) is 0 Å². The van der Waals surface area contributed by atoms with Crippen molar-refractivity contribution in [1.82, 2.24) is 0 Å². The van der Waals surface area contributed by atoms with Gasteiger partial charge in [-0.1, -0.05) is 40.5 Å². The highest BCUT2D eigenvalue weighted by molar-refractivity contribution is 5.82. The molecule has 100 valence electrons. The fraction of sp³-hybridized carbons (Fsp3) is 0.929. The Bertz CT molecular complexity index is 260. The van der Waals surface area contributed by atoms with Gasteiger partial charge >= 0.3 is 0 Å². The van der Waals surface area contributed by atoms with E-state index in [4.69, 9.17) is 10.1 Å². The number of hydrogen-bond acceptors (Lipinski definition) is 3. The third-order valence-corrected chi connectivity index (χ3v) is 4.46. The summed E-state index contributed by atoms with van der Waals surface area (Å²) in [5, 5.41) is 9.17. The average molecular weight is 242 g/mol. The number of rotatable bonds is 5. The number of carbonyl (C=O) groups is 1. The lowest BCUT2D eigenvalue weighted by atomic mass is 9.65. The molecule has 3 heteroatoms. The van der Waals surface area contributed by atoms with Crippen LogP contribution in [0, 0.1) is 17.3 Å². The molecule has 0 aromatic carbocycles. The van der Waals surface area contributed by atoms with E-state index in [2.05, 4.69) is 13.8 Å². The molecule has 3 unspecified atom stereocenters. The average Bonchev–Trinajstić information content (AvgIpc) is 2.29. The molecule has 0 amide bonds. The van der Waals surface area contributed by atoms with Crippen molar-refractivity contribution in [2.75, 3.05) is 0 Å². The van der Waals surface area contributed by atoms with E-state index in [-0.39, 0.29) is 23.4 Å². The summed E-state index contributed by atoms with van der Waals surface area (Å²) in [5.74, 6) is 0.624. The van der Waals surface area contributed by atoms with E-state index < -0.39 is 0 Å². The Labute approximate surface area is 104 Å². The van der Waals surface area contributed by atoms with Crippen LogP contribution in [0.2, 0.25) is 0 Å². The molecule has 1 saturated carbocycles. The summed E-state index contributed by atoms with van der Waals surface area (Å²) in [7, 11) is 0. The molecule has 1 N–H and O–H groups in total. The van der Waals surface area contributed by atoms with Crippen molar-refractivity contribution >= 4 is 5.78 Å². The molecule has 17 heavy (non-hydrogen) atoms. The Morgan fingerprint density at radius 2 is 2.12 bits per heavy atom. The molecule has 3 nitrogen and oxygen atoms in total. The van der Waals surface area contributed by atoms with Crippen LogP contribution in [0.1, 0.15) is 59.8 Å². The molecule has 1 fully saturated rings. The SMILES string of the molecule is CCC(C)C(OO)C(C)(C)C1CCCCC1=O. The zero-order valence-corrected chi connectivity index (χ0v) is 11.5. The minimum atomic E-state index is -0.290. The van der Waals surface area contributed by atoms with E-state index in [9.17, 15) is 4.79 Å². The van der Waals surface area contributed by atoms with E-state index in [0.29, 0.717) is 12.2 Å². The molecule has 1 aliphatic carbocycles. The molecular weight excluding hydrogens is 216 g/mol. The molecule has 0 bridgehead atoms. The van der Waals surface area contributed by atoms with Gasteiger partial charge in [0.05, 0.1) is 0 Å². The van der Waals surface area contributed by atoms with E-state index >= 15 is 0 Å². The highest BCUT2D eigenvalue weighted by atomic mass is 17.1. The maximum absolute atomic E-state index is 12.0. The topological polar surface area (TPSA) is 46.5 Å². The van der Waals surface area contributed by atoms with Gasteiger partial charge in [-0.15, -0.1) is 0 Å². The first kappa shape index (κ1) is 14.7. The molecule has 1 aliphatic rings. The van der Waals surface area contributed by atoms with E-state index in [1.165, 1.54) is 0 Å². The summed E-state index contributed by atoms with van der Waals surface area (Å²) in [6, 6.07) is 0. The lowest BCUT2D eigenvalue weighted by Crippen LogP contribution is -2.45. The third kappa shape index (κ3) is 3.08. The molecular formula is C14H26O3. The minimum absolute atomic E-state index is 0.0300. The van der Waals surface area contributed by atoms with Crippen molar-refractivity contribution in [2.45, 2.75) is 65.9 Å². The van der Waals surface area contributed by atoms with Gasteiger partial charge in [0.25, 0.3) is 0 Å². The Morgan fingerprint density at radius 3 is 2.59 bits per heavy atom. The van der Waals surface area contributed by atoms with E-state index in [1.54, 1.807) is 0 Å². The van der Waals surface area contributed by atoms with Crippen LogP contribution in [0.25, 0.3) is 0 Å². The maximum Gasteiger partial charge on any atom is 0.136 e. The Hall–Kier alpha value is -0.410. The molecule has 0 heterocycles. The lowest BCUT2D eigenvalue weighted by Gasteiger charge is -2.42. The first-order chi connectivity index (χ1) is 7.95. The zero-order valence-electron chi connectivity index (χ0n) is 11.5. The molecule has 0 spiro atoms. The van der Waals surface area contributed by atoms with Crippen LogP contribution < -0.4 is 0 Å². The Kier molecular flexibility index (Phi) is 5.14. The second-order valence-electron chi connectivity index (χ2n) is 6.00. The van der Waals surface area contributed by atoms with Crippen molar-refractivity contribution in [1.29, 1.82) is 0 Å². The normalized spacial score (nSPS) is 25.7. The molecule has 0 saturated heterocycles. The molecule has 1 rings (SSSR count). The predicted octanol–water partition coefficient (Wildman–Crippen LogP) is 3.68. The first-order valence-corrected chi connectivity index (χ1v) is 6.78. The smallest absolute Gasteiger partial charge is 0.136 e. The van der Waals surface area contributed by atoms with Crippen LogP contribution in [0.15, 0.2) is 0 Å². The first-order valence-electron chi connectivity index (χ1n) is 6.78. The van der Waals surface area contributed by atoms with Gasteiger partial charge in [0, 0.05) is 17.8 Å². The van der Waals surface area contributed by atoms with Crippen molar-refractivity contribution in [3.8, 4) is 0 Å². The summed E-state index contributed by atoms with van der Waals surface area (Å²) >= 11 is 0.